The number of carbonyl (C=O) groups is 2. The molecule has 1 aromatic carbocycles. The van der Waals surface area contributed by atoms with Crippen LogP contribution >= 0.6 is 22.9 Å². The summed E-state index contributed by atoms with van der Waals surface area (Å²) in [6.45, 7) is 0. The number of thiophene rings is 1. The van der Waals surface area contributed by atoms with E-state index in [1.165, 1.54) is 24.3 Å². The Kier molecular flexibility index (Phi) is 3.82. The van der Waals surface area contributed by atoms with Gasteiger partial charge in [0.25, 0.3) is 5.91 Å². The van der Waals surface area contributed by atoms with Gasteiger partial charge in [-0.25, -0.2) is 9.18 Å². The van der Waals surface area contributed by atoms with Gasteiger partial charge in [0, 0.05) is 5.69 Å². The number of nitrogens with one attached hydrogen (secondary N) is 1. The summed E-state index contributed by atoms with van der Waals surface area (Å²) in [6.07, 6.45) is 0. The molecule has 0 fully saturated rings. The van der Waals surface area contributed by atoms with Crippen LogP contribution in [0, 0.1) is 5.82 Å². The van der Waals surface area contributed by atoms with Crippen molar-refractivity contribution in [2.24, 2.45) is 0 Å². The van der Waals surface area contributed by atoms with Gasteiger partial charge in [-0.15, -0.1) is 11.3 Å². The SMILES string of the molecule is O=C(O)c1ccc(C(=O)Nc2ccc(Cl)c(F)c2)s1. The minimum atomic E-state index is -1.10. The van der Waals surface area contributed by atoms with Crippen molar-refractivity contribution >= 4 is 40.5 Å². The number of hydrogen-bond donors (Lipinski definition) is 2. The molecule has 2 aromatic rings. The summed E-state index contributed by atoms with van der Waals surface area (Å²) < 4.78 is 13.2. The Hall–Kier alpha value is -1.92. The Bertz CT molecular complexity index is 656. The lowest BCUT2D eigenvalue weighted by molar-refractivity contribution is 0.0702. The van der Waals surface area contributed by atoms with Gasteiger partial charge in [-0.1, -0.05) is 11.6 Å². The maximum absolute atomic E-state index is 13.2. The van der Waals surface area contributed by atoms with Crippen LogP contribution in [0.3, 0.4) is 0 Å². The van der Waals surface area contributed by atoms with E-state index in [0.29, 0.717) is 0 Å². The zero-order valence-corrected chi connectivity index (χ0v) is 10.9. The molecular formula is C12H7ClFNO3S. The molecule has 1 heterocycles. The standard InChI is InChI=1S/C12H7ClFNO3S/c13-7-2-1-6(5-8(7)14)15-11(16)9-3-4-10(19-9)12(17)18/h1-5H,(H,15,16)(H,17,18). The Balaban J connectivity index is 2.15. The van der Waals surface area contributed by atoms with Gasteiger partial charge in [0.2, 0.25) is 0 Å². The molecule has 0 bridgehead atoms. The molecule has 2 rings (SSSR count). The number of carbonyl (C=O) groups excluding carboxylic acids is 1. The van der Waals surface area contributed by atoms with E-state index in [2.05, 4.69) is 5.32 Å². The van der Waals surface area contributed by atoms with Crippen molar-refractivity contribution in [2.75, 3.05) is 5.32 Å². The highest BCUT2D eigenvalue weighted by Gasteiger charge is 2.13. The van der Waals surface area contributed by atoms with Gasteiger partial charge < -0.3 is 10.4 Å². The predicted molar refractivity (Wildman–Crippen MR) is 70.6 cm³/mol. The van der Waals surface area contributed by atoms with Crippen molar-refractivity contribution in [1.29, 1.82) is 0 Å². The van der Waals surface area contributed by atoms with Crippen molar-refractivity contribution in [3.8, 4) is 0 Å². The van der Waals surface area contributed by atoms with Gasteiger partial charge in [0.1, 0.15) is 10.7 Å². The molecule has 0 aliphatic rings. The fourth-order valence-corrected chi connectivity index (χ4v) is 2.20. The summed E-state index contributed by atoms with van der Waals surface area (Å²) in [5.74, 6) is -2.24. The van der Waals surface area contributed by atoms with Gasteiger partial charge in [0.15, 0.2) is 0 Å². The molecule has 1 amide bonds. The number of carboxylic acids is 1. The molecule has 0 radical (unpaired) electrons. The topological polar surface area (TPSA) is 66.4 Å². The third kappa shape index (κ3) is 3.10. The zero-order valence-electron chi connectivity index (χ0n) is 9.31. The van der Waals surface area contributed by atoms with Crippen molar-refractivity contribution in [3.63, 3.8) is 0 Å². The third-order valence-electron chi connectivity index (χ3n) is 2.22. The monoisotopic (exact) mass is 299 g/mol. The number of aromatic carboxylic acids is 1. The quantitative estimate of drug-likeness (QED) is 0.911. The molecular weight excluding hydrogens is 293 g/mol. The first-order valence-corrected chi connectivity index (χ1v) is 6.26. The van der Waals surface area contributed by atoms with Crippen molar-refractivity contribution in [1.82, 2.24) is 0 Å². The van der Waals surface area contributed by atoms with Crippen molar-refractivity contribution in [2.45, 2.75) is 0 Å². The fourth-order valence-electron chi connectivity index (χ4n) is 1.34. The fraction of sp³-hybridized carbons (Fsp3) is 0. The second kappa shape index (κ2) is 5.38. The van der Waals surface area contributed by atoms with Crippen LogP contribution in [0.4, 0.5) is 10.1 Å². The highest BCUT2D eigenvalue weighted by molar-refractivity contribution is 7.15. The summed E-state index contributed by atoms with van der Waals surface area (Å²) in [7, 11) is 0. The van der Waals surface area contributed by atoms with Gasteiger partial charge in [-0.05, 0) is 30.3 Å². The summed E-state index contributed by atoms with van der Waals surface area (Å²) in [6, 6.07) is 6.60. The molecule has 19 heavy (non-hydrogen) atoms. The number of anilines is 1. The zero-order chi connectivity index (χ0) is 14.0. The number of halogens is 2. The normalized spacial score (nSPS) is 10.2. The number of hydrogen-bond acceptors (Lipinski definition) is 3. The number of benzene rings is 1. The number of carboxylic acid groups (broad SMARTS) is 1. The molecule has 4 nitrogen and oxygen atoms in total. The Morgan fingerprint density at radius 2 is 1.89 bits per heavy atom. The van der Waals surface area contributed by atoms with Crippen LogP contribution in [-0.4, -0.2) is 17.0 Å². The molecule has 98 valence electrons. The van der Waals surface area contributed by atoms with Crippen LogP contribution < -0.4 is 5.32 Å². The first-order chi connectivity index (χ1) is 8.97. The van der Waals surface area contributed by atoms with E-state index in [9.17, 15) is 14.0 Å². The molecule has 1 aromatic heterocycles. The van der Waals surface area contributed by atoms with Gasteiger partial charge >= 0.3 is 5.97 Å². The van der Waals surface area contributed by atoms with E-state index in [1.807, 2.05) is 0 Å². The highest BCUT2D eigenvalue weighted by Crippen LogP contribution is 2.21. The average Bonchev–Trinajstić information content (AvgIpc) is 2.83. The molecule has 0 saturated heterocycles. The summed E-state index contributed by atoms with van der Waals surface area (Å²) in [4.78, 5) is 22.8. The van der Waals surface area contributed by atoms with Crippen LogP contribution in [0.5, 0.6) is 0 Å². The molecule has 0 aliphatic carbocycles. The summed E-state index contributed by atoms with van der Waals surface area (Å²) >= 11 is 6.37. The number of amides is 1. The van der Waals surface area contributed by atoms with Gasteiger partial charge in [-0.3, -0.25) is 4.79 Å². The molecule has 0 atom stereocenters. The Morgan fingerprint density at radius 3 is 2.47 bits per heavy atom. The minimum absolute atomic E-state index is 0.0395. The second-order valence-corrected chi connectivity index (χ2v) is 5.04. The van der Waals surface area contributed by atoms with E-state index in [1.54, 1.807) is 0 Å². The first-order valence-electron chi connectivity index (χ1n) is 5.07. The van der Waals surface area contributed by atoms with Crippen LogP contribution in [0.1, 0.15) is 19.3 Å². The molecule has 0 saturated carbocycles. The molecule has 0 spiro atoms. The molecule has 2 N–H and O–H groups in total. The molecule has 0 aliphatic heterocycles. The third-order valence-corrected chi connectivity index (χ3v) is 3.60. The maximum Gasteiger partial charge on any atom is 0.345 e. The number of rotatable bonds is 3. The first kappa shape index (κ1) is 13.5. The highest BCUT2D eigenvalue weighted by atomic mass is 35.5. The Morgan fingerprint density at radius 1 is 1.21 bits per heavy atom. The van der Waals surface area contributed by atoms with E-state index >= 15 is 0 Å². The van der Waals surface area contributed by atoms with Gasteiger partial charge in [-0.2, -0.15) is 0 Å². The smallest absolute Gasteiger partial charge is 0.345 e. The van der Waals surface area contributed by atoms with E-state index in [0.717, 1.165) is 17.4 Å². The van der Waals surface area contributed by atoms with Crippen molar-refractivity contribution in [3.05, 3.63) is 50.9 Å². The second-order valence-electron chi connectivity index (χ2n) is 3.55. The molecule has 0 unspecified atom stereocenters. The van der Waals surface area contributed by atoms with E-state index in [-0.39, 0.29) is 20.5 Å². The van der Waals surface area contributed by atoms with Crippen LogP contribution in [0.15, 0.2) is 30.3 Å². The van der Waals surface area contributed by atoms with Crippen LogP contribution in [0.25, 0.3) is 0 Å². The minimum Gasteiger partial charge on any atom is -0.477 e. The maximum atomic E-state index is 13.2. The Labute approximate surface area is 116 Å². The van der Waals surface area contributed by atoms with Crippen molar-refractivity contribution < 1.29 is 19.1 Å². The van der Waals surface area contributed by atoms with Crippen LogP contribution in [0.2, 0.25) is 5.02 Å². The van der Waals surface area contributed by atoms with Crippen LogP contribution in [-0.2, 0) is 0 Å². The lowest BCUT2D eigenvalue weighted by Crippen LogP contribution is -2.10. The summed E-state index contributed by atoms with van der Waals surface area (Å²) in [5.41, 5.74) is 0.247. The lowest BCUT2D eigenvalue weighted by atomic mass is 10.3. The summed E-state index contributed by atoms with van der Waals surface area (Å²) in [5, 5.41) is 11.2. The van der Waals surface area contributed by atoms with E-state index < -0.39 is 17.7 Å². The van der Waals surface area contributed by atoms with Gasteiger partial charge in [0.05, 0.1) is 9.90 Å². The lowest BCUT2D eigenvalue weighted by Gasteiger charge is -2.04. The average molecular weight is 300 g/mol. The predicted octanol–water partition coefficient (Wildman–Crippen LogP) is 3.49. The molecule has 7 heteroatoms. The van der Waals surface area contributed by atoms with E-state index in [4.69, 9.17) is 16.7 Å². The largest absolute Gasteiger partial charge is 0.477 e.